The number of anilines is 1. The molecule has 7 nitrogen and oxygen atoms in total. The van der Waals surface area contributed by atoms with E-state index in [9.17, 15) is 14.7 Å². The number of amides is 1. The smallest absolute Gasteiger partial charge is 0.311 e. The third-order valence-electron chi connectivity index (χ3n) is 8.37. The van der Waals surface area contributed by atoms with E-state index in [4.69, 9.17) is 4.74 Å². The molecule has 1 aliphatic carbocycles. The van der Waals surface area contributed by atoms with Crippen molar-refractivity contribution in [3.05, 3.63) is 59.2 Å². The summed E-state index contributed by atoms with van der Waals surface area (Å²) in [5.41, 5.74) is 4.26. The Hall–Kier alpha value is -2.90. The van der Waals surface area contributed by atoms with Gasteiger partial charge in [0, 0.05) is 50.9 Å². The molecule has 0 aromatic heterocycles. The number of hydrogen-bond donors (Lipinski definition) is 2. The van der Waals surface area contributed by atoms with Gasteiger partial charge in [-0.25, -0.2) is 0 Å². The molecule has 1 saturated carbocycles. The van der Waals surface area contributed by atoms with Crippen LogP contribution < -0.4 is 15.0 Å². The van der Waals surface area contributed by atoms with Gasteiger partial charge >= 0.3 is 5.97 Å². The second kappa shape index (κ2) is 13.0. The van der Waals surface area contributed by atoms with Crippen molar-refractivity contribution in [1.29, 1.82) is 0 Å². The van der Waals surface area contributed by atoms with Crippen LogP contribution in [0.4, 0.5) is 5.69 Å². The molecule has 212 valence electrons. The highest BCUT2D eigenvalue weighted by Gasteiger charge is 2.30. The topological polar surface area (TPSA) is 82.1 Å². The van der Waals surface area contributed by atoms with E-state index in [1.807, 2.05) is 50.1 Å². The molecule has 1 unspecified atom stereocenters. The Bertz CT molecular complexity index is 1140. The van der Waals surface area contributed by atoms with Crippen LogP contribution >= 0.6 is 0 Å². The number of carbonyl (C=O) groups excluding carboxylic acids is 1. The fourth-order valence-corrected chi connectivity index (χ4v) is 6.08. The number of piperazine rings is 1. The average molecular weight is 536 g/mol. The maximum absolute atomic E-state index is 13.4. The van der Waals surface area contributed by atoms with Gasteiger partial charge in [-0.2, -0.15) is 0 Å². The Kier molecular flexibility index (Phi) is 9.67. The third-order valence-corrected chi connectivity index (χ3v) is 8.37. The van der Waals surface area contributed by atoms with Crippen LogP contribution in [-0.4, -0.2) is 60.7 Å². The van der Waals surface area contributed by atoms with Crippen LogP contribution in [0.3, 0.4) is 0 Å². The van der Waals surface area contributed by atoms with E-state index in [-0.39, 0.29) is 23.8 Å². The van der Waals surface area contributed by atoms with Crippen LogP contribution in [0.5, 0.6) is 5.75 Å². The van der Waals surface area contributed by atoms with Crippen molar-refractivity contribution >= 4 is 17.6 Å². The number of nitrogens with zero attached hydrogens (tertiary/aromatic N) is 2. The van der Waals surface area contributed by atoms with Crippen LogP contribution in [0.1, 0.15) is 69.1 Å². The first-order valence-electron chi connectivity index (χ1n) is 14.4. The number of hydrogen-bond acceptors (Lipinski definition) is 5. The zero-order valence-corrected chi connectivity index (χ0v) is 24.2. The minimum atomic E-state index is -0.815. The second-order valence-corrected chi connectivity index (χ2v) is 11.8. The van der Waals surface area contributed by atoms with Crippen LogP contribution in [0.15, 0.2) is 42.5 Å². The number of benzene rings is 2. The highest BCUT2D eigenvalue weighted by molar-refractivity contribution is 5.94. The molecule has 0 radical (unpaired) electrons. The predicted molar refractivity (Wildman–Crippen MR) is 155 cm³/mol. The van der Waals surface area contributed by atoms with Gasteiger partial charge in [-0.05, 0) is 86.4 Å². The molecule has 2 N–H and O–H groups in total. The molecule has 1 saturated heterocycles. The lowest BCUT2D eigenvalue weighted by molar-refractivity contribution is -0.139. The lowest BCUT2D eigenvalue weighted by Crippen LogP contribution is -2.48. The van der Waals surface area contributed by atoms with Crippen LogP contribution in [-0.2, 0) is 16.1 Å². The number of ether oxygens (including phenoxy) is 1. The van der Waals surface area contributed by atoms with E-state index >= 15 is 0 Å². The van der Waals surface area contributed by atoms with Gasteiger partial charge in [-0.15, -0.1) is 0 Å². The molecule has 1 heterocycles. The summed E-state index contributed by atoms with van der Waals surface area (Å²) in [5, 5.41) is 13.1. The van der Waals surface area contributed by atoms with Gasteiger partial charge in [0.25, 0.3) is 0 Å². The maximum atomic E-state index is 13.4. The fraction of sp³-hybridized carbons (Fsp3) is 0.562. The summed E-state index contributed by atoms with van der Waals surface area (Å²) in [6, 6.07) is 14.4. The number of carboxylic acid groups (broad SMARTS) is 1. The molecule has 1 amide bonds. The van der Waals surface area contributed by atoms with Crippen molar-refractivity contribution in [2.24, 2.45) is 11.8 Å². The first-order chi connectivity index (χ1) is 18.6. The number of nitrogens with one attached hydrogen (secondary N) is 1. The summed E-state index contributed by atoms with van der Waals surface area (Å²) in [7, 11) is 1.89. The molecular formula is C32H45N3O4. The van der Waals surface area contributed by atoms with Crippen molar-refractivity contribution < 1.29 is 19.4 Å². The Morgan fingerprint density at radius 1 is 1.13 bits per heavy atom. The highest BCUT2D eigenvalue weighted by Crippen LogP contribution is 2.32. The van der Waals surface area contributed by atoms with Gasteiger partial charge in [-0.1, -0.05) is 32.0 Å². The number of rotatable bonds is 9. The molecule has 4 rings (SSSR count). The maximum Gasteiger partial charge on any atom is 0.311 e. The summed E-state index contributed by atoms with van der Waals surface area (Å²) in [6.45, 7) is 12.3. The Labute approximate surface area is 233 Å². The molecule has 2 aliphatic rings. The van der Waals surface area contributed by atoms with Crippen LogP contribution in [0, 0.1) is 18.8 Å². The Balaban J connectivity index is 1.31. The first kappa shape index (κ1) is 29.1. The lowest BCUT2D eigenvalue weighted by Gasteiger charge is -2.32. The first-order valence-corrected chi connectivity index (χ1v) is 14.4. The highest BCUT2D eigenvalue weighted by atomic mass is 16.5. The molecular weight excluding hydrogens is 490 g/mol. The van der Waals surface area contributed by atoms with E-state index in [1.54, 1.807) is 0 Å². The van der Waals surface area contributed by atoms with Gasteiger partial charge in [0.2, 0.25) is 5.91 Å². The van der Waals surface area contributed by atoms with E-state index < -0.39 is 11.9 Å². The van der Waals surface area contributed by atoms with Crippen LogP contribution in [0.25, 0.3) is 0 Å². The summed E-state index contributed by atoms with van der Waals surface area (Å²) in [4.78, 5) is 29.4. The van der Waals surface area contributed by atoms with E-state index in [1.165, 1.54) is 11.1 Å². The van der Waals surface area contributed by atoms with E-state index in [0.29, 0.717) is 11.8 Å². The minimum Gasteiger partial charge on any atom is -0.490 e. The number of carbonyl (C=O) groups is 2. The molecule has 2 fully saturated rings. The van der Waals surface area contributed by atoms with Crippen molar-refractivity contribution in [2.45, 2.75) is 78.0 Å². The molecule has 1 aliphatic heterocycles. The van der Waals surface area contributed by atoms with Crippen molar-refractivity contribution in [2.75, 3.05) is 31.6 Å². The molecule has 2 aromatic rings. The molecule has 0 bridgehead atoms. The molecule has 2 aromatic carbocycles. The summed E-state index contributed by atoms with van der Waals surface area (Å²) in [5.74, 6) is -0.518. The monoisotopic (exact) mass is 535 g/mol. The zero-order chi connectivity index (χ0) is 28.1. The van der Waals surface area contributed by atoms with Gasteiger partial charge in [-0.3, -0.25) is 14.5 Å². The van der Waals surface area contributed by atoms with Crippen molar-refractivity contribution in [1.82, 2.24) is 10.2 Å². The van der Waals surface area contributed by atoms with E-state index in [0.717, 1.165) is 63.1 Å². The molecule has 0 spiro atoms. The molecule has 39 heavy (non-hydrogen) atoms. The van der Waals surface area contributed by atoms with Gasteiger partial charge in [0.05, 0.1) is 12.0 Å². The van der Waals surface area contributed by atoms with Gasteiger partial charge in [0.15, 0.2) is 0 Å². The number of aryl methyl sites for hydroxylation is 1. The SMILES string of the molecule is Cc1cc(N(C)C(=O)C2CCC(Oc3cccc(C(C(=O)O)C(C)C)c3)CC2)ccc1CN1CCN[C@@H](C)C1. The third kappa shape index (κ3) is 7.40. The summed E-state index contributed by atoms with van der Waals surface area (Å²) in [6.07, 6.45) is 3.22. The lowest BCUT2D eigenvalue weighted by atomic mass is 9.86. The normalized spacial score (nSPS) is 22.9. The Morgan fingerprint density at radius 3 is 2.51 bits per heavy atom. The van der Waals surface area contributed by atoms with Crippen LogP contribution in [0.2, 0.25) is 0 Å². The van der Waals surface area contributed by atoms with E-state index in [2.05, 4.69) is 42.3 Å². The summed E-state index contributed by atoms with van der Waals surface area (Å²) >= 11 is 0. The fourth-order valence-electron chi connectivity index (χ4n) is 6.08. The average Bonchev–Trinajstić information content (AvgIpc) is 2.89. The minimum absolute atomic E-state index is 0.00721. The number of aliphatic carboxylic acids is 1. The zero-order valence-electron chi connectivity index (χ0n) is 24.2. The van der Waals surface area contributed by atoms with Gasteiger partial charge < -0.3 is 20.1 Å². The quantitative estimate of drug-likeness (QED) is 0.459. The molecule has 2 atom stereocenters. The predicted octanol–water partition coefficient (Wildman–Crippen LogP) is 5.21. The molecule has 7 heteroatoms. The standard InChI is InChI=1S/C32H45N3O4/c1-21(2)30(32(37)38)25-7-6-8-29(18-25)39-28-13-10-24(11-14-28)31(36)34(5)27-12-9-26(22(3)17-27)20-35-16-15-33-23(4)19-35/h6-9,12,17-18,21,23-24,28,30,33H,10-11,13-16,19-20H2,1-5H3,(H,37,38)/t23-,24?,28?,30?/m0/s1. The van der Waals surface area contributed by atoms with Crippen molar-refractivity contribution in [3.63, 3.8) is 0 Å². The Morgan fingerprint density at radius 2 is 1.87 bits per heavy atom. The largest absolute Gasteiger partial charge is 0.490 e. The summed E-state index contributed by atoms with van der Waals surface area (Å²) < 4.78 is 6.25. The van der Waals surface area contributed by atoms with Crippen molar-refractivity contribution in [3.8, 4) is 5.75 Å². The second-order valence-electron chi connectivity index (χ2n) is 11.8. The van der Waals surface area contributed by atoms with Gasteiger partial charge in [0.1, 0.15) is 5.75 Å². The number of carboxylic acids is 1.